The molecule has 2 aromatic carbocycles. The number of amides is 1. The molecule has 0 saturated heterocycles. The van der Waals surface area contributed by atoms with E-state index in [1.54, 1.807) is 36.4 Å². The summed E-state index contributed by atoms with van der Waals surface area (Å²) >= 11 is 11.9. The van der Waals surface area contributed by atoms with Gasteiger partial charge in [-0.3, -0.25) is 4.79 Å². The molecule has 7 heteroatoms. The predicted octanol–water partition coefficient (Wildman–Crippen LogP) is 5.89. The largest absolute Gasteiger partial charge is 0.462 e. The van der Waals surface area contributed by atoms with Crippen molar-refractivity contribution in [2.75, 3.05) is 11.9 Å². The SMILES string of the molecule is CCCCCOC(=O)c1ccc(NC(=O)C(C#N)=Cc2ccc(Cl)cc2Cl)cc1. The quantitative estimate of drug-likeness (QED) is 0.245. The van der Waals surface area contributed by atoms with Gasteiger partial charge in [-0.25, -0.2) is 4.79 Å². The second-order valence-electron chi connectivity index (χ2n) is 6.21. The summed E-state index contributed by atoms with van der Waals surface area (Å²) in [7, 11) is 0. The monoisotopic (exact) mass is 430 g/mol. The van der Waals surface area contributed by atoms with Crippen LogP contribution in [0.25, 0.3) is 6.08 Å². The van der Waals surface area contributed by atoms with Crippen molar-refractivity contribution >= 4 is 46.8 Å². The van der Waals surface area contributed by atoms with Gasteiger partial charge < -0.3 is 10.1 Å². The van der Waals surface area contributed by atoms with Crippen molar-refractivity contribution in [2.45, 2.75) is 26.2 Å². The number of hydrogen-bond donors (Lipinski definition) is 1. The average molecular weight is 431 g/mol. The molecular weight excluding hydrogens is 411 g/mol. The minimum absolute atomic E-state index is 0.117. The first kappa shape index (κ1) is 22.5. The zero-order valence-corrected chi connectivity index (χ0v) is 17.4. The molecule has 0 fully saturated rings. The summed E-state index contributed by atoms with van der Waals surface area (Å²) in [6.07, 6.45) is 4.27. The van der Waals surface area contributed by atoms with Gasteiger partial charge in [-0.1, -0.05) is 49.0 Å². The van der Waals surface area contributed by atoms with Crippen molar-refractivity contribution in [3.63, 3.8) is 0 Å². The normalized spacial score (nSPS) is 10.9. The molecule has 0 bridgehead atoms. The number of nitrogens with zero attached hydrogens (tertiary/aromatic N) is 1. The number of ether oxygens (including phenoxy) is 1. The van der Waals surface area contributed by atoms with Crippen LogP contribution >= 0.6 is 23.2 Å². The predicted molar refractivity (Wildman–Crippen MR) is 115 cm³/mol. The van der Waals surface area contributed by atoms with Crippen molar-refractivity contribution < 1.29 is 14.3 Å². The van der Waals surface area contributed by atoms with Gasteiger partial charge in [-0.05, 0) is 54.5 Å². The Morgan fingerprint density at radius 1 is 1.14 bits per heavy atom. The molecule has 0 aliphatic heterocycles. The number of carbonyl (C=O) groups is 2. The molecule has 1 amide bonds. The van der Waals surface area contributed by atoms with E-state index in [9.17, 15) is 14.9 Å². The molecule has 0 saturated carbocycles. The molecule has 1 N–H and O–H groups in total. The Bertz CT molecular complexity index is 948. The summed E-state index contributed by atoms with van der Waals surface area (Å²) in [5.74, 6) is -0.998. The molecule has 0 atom stereocenters. The van der Waals surface area contributed by atoms with Crippen LogP contribution in [0.3, 0.4) is 0 Å². The number of hydrogen-bond acceptors (Lipinski definition) is 4. The zero-order valence-electron chi connectivity index (χ0n) is 15.9. The number of nitriles is 1. The number of nitrogens with one attached hydrogen (secondary N) is 1. The topological polar surface area (TPSA) is 79.2 Å². The highest BCUT2D eigenvalue weighted by Gasteiger charge is 2.12. The number of esters is 1. The molecule has 0 aliphatic rings. The van der Waals surface area contributed by atoms with Crippen LogP contribution in [0.15, 0.2) is 48.0 Å². The van der Waals surface area contributed by atoms with Crippen molar-refractivity contribution in [1.82, 2.24) is 0 Å². The fourth-order valence-corrected chi connectivity index (χ4v) is 2.87. The van der Waals surface area contributed by atoms with Crippen LogP contribution in [0.5, 0.6) is 0 Å². The van der Waals surface area contributed by atoms with Gasteiger partial charge in [0.1, 0.15) is 11.6 Å². The Labute approximate surface area is 179 Å². The second-order valence-corrected chi connectivity index (χ2v) is 7.05. The molecule has 2 rings (SSSR count). The highest BCUT2D eigenvalue weighted by Crippen LogP contribution is 2.23. The van der Waals surface area contributed by atoms with Crippen LogP contribution in [-0.2, 0) is 9.53 Å². The van der Waals surface area contributed by atoms with E-state index in [4.69, 9.17) is 27.9 Å². The van der Waals surface area contributed by atoms with E-state index in [1.165, 1.54) is 12.1 Å². The Balaban J connectivity index is 2.03. The fraction of sp³-hybridized carbons (Fsp3) is 0.227. The first-order chi connectivity index (χ1) is 13.9. The lowest BCUT2D eigenvalue weighted by Gasteiger charge is -2.07. The Morgan fingerprint density at radius 2 is 1.86 bits per heavy atom. The second kappa shape index (κ2) is 11.3. The van der Waals surface area contributed by atoms with Gasteiger partial charge in [0.15, 0.2) is 0 Å². The molecular formula is C22H20Cl2N2O3. The van der Waals surface area contributed by atoms with Crippen molar-refractivity contribution in [3.05, 3.63) is 69.2 Å². The van der Waals surface area contributed by atoms with Gasteiger partial charge in [0, 0.05) is 15.7 Å². The maximum atomic E-state index is 12.4. The van der Waals surface area contributed by atoms with E-state index in [1.807, 2.05) is 6.07 Å². The first-order valence-corrected chi connectivity index (χ1v) is 9.85. The van der Waals surface area contributed by atoms with E-state index in [-0.39, 0.29) is 5.57 Å². The minimum Gasteiger partial charge on any atom is -0.462 e. The van der Waals surface area contributed by atoms with Gasteiger partial charge in [-0.15, -0.1) is 0 Å². The number of anilines is 1. The van der Waals surface area contributed by atoms with Gasteiger partial charge in [0.2, 0.25) is 0 Å². The lowest BCUT2D eigenvalue weighted by Crippen LogP contribution is -2.13. The first-order valence-electron chi connectivity index (χ1n) is 9.10. The fourth-order valence-electron chi connectivity index (χ4n) is 2.41. The third-order valence-corrected chi connectivity index (χ3v) is 4.55. The zero-order chi connectivity index (χ0) is 21.2. The van der Waals surface area contributed by atoms with Gasteiger partial charge in [-0.2, -0.15) is 5.26 Å². The number of benzene rings is 2. The van der Waals surface area contributed by atoms with Gasteiger partial charge in [0.05, 0.1) is 12.2 Å². The van der Waals surface area contributed by atoms with Crippen LogP contribution < -0.4 is 5.32 Å². The average Bonchev–Trinajstić information content (AvgIpc) is 2.71. The van der Waals surface area contributed by atoms with Crippen LogP contribution in [0.2, 0.25) is 10.0 Å². The molecule has 29 heavy (non-hydrogen) atoms. The number of halogens is 2. The molecule has 5 nitrogen and oxygen atoms in total. The van der Waals surface area contributed by atoms with Crippen LogP contribution in [-0.4, -0.2) is 18.5 Å². The number of carbonyl (C=O) groups excluding carboxylic acids is 2. The van der Waals surface area contributed by atoms with E-state index in [0.717, 1.165) is 19.3 Å². The van der Waals surface area contributed by atoms with E-state index in [2.05, 4.69) is 12.2 Å². The summed E-state index contributed by atoms with van der Waals surface area (Å²) < 4.78 is 5.19. The summed E-state index contributed by atoms with van der Waals surface area (Å²) in [6.45, 7) is 2.46. The molecule has 2 aromatic rings. The third kappa shape index (κ3) is 6.94. The van der Waals surface area contributed by atoms with E-state index < -0.39 is 11.9 Å². The highest BCUT2D eigenvalue weighted by atomic mass is 35.5. The molecule has 0 unspecified atom stereocenters. The van der Waals surface area contributed by atoms with Crippen LogP contribution in [0, 0.1) is 11.3 Å². The van der Waals surface area contributed by atoms with Crippen LogP contribution in [0.4, 0.5) is 5.69 Å². The lowest BCUT2D eigenvalue weighted by molar-refractivity contribution is -0.112. The van der Waals surface area contributed by atoms with Gasteiger partial charge >= 0.3 is 5.97 Å². The minimum atomic E-state index is -0.589. The maximum Gasteiger partial charge on any atom is 0.338 e. The van der Waals surface area contributed by atoms with E-state index >= 15 is 0 Å². The van der Waals surface area contributed by atoms with Crippen molar-refractivity contribution in [2.24, 2.45) is 0 Å². The molecule has 150 valence electrons. The summed E-state index contributed by atoms with van der Waals surface area (Å²) in [4.78, 5) is 24.4. The number of unbranched alkanes of at least 4 members (excludes halogenated alkanes) is 2. The van der Waals surface area contributed by atoms with Crippen LogP contribution in [0.1, 0.15) is 42.1 Å². The molecule has 0 heterocycles. The maximum absolute atomic E-state index is 12.4. The van der Waals surface area contributed by atoms with Crippen molar-refractivity contribution in [1.29, 1.82) is 5.26 Å². The Kier molecular flexibility index (Phi) is 8.72. The summed E-state index contributed by atoms with van der Waals surface area (Å²) in [5.41, 5.74) is 1.22. The standard InChI is InChI=1S/C22H20Cl2N2O3/c1-2-3-4-11-29-22(28)15-6-9-19(10-7-15)26-21(27)17(14-25)12-16-5-8-18(23)13-20(16)24/h5-10,12-13H,2-4,11H2,1H3,(H,26,27). The van der Waals surface area contributed by atoms with Crippen molar-refractivity contribution in [3.8, 4) is 6.07 Å². The third-order valence-electron chi connectivity index (χ3n) is 3.99. The van der Waals surface area contributed by atoms with Gasteiger partial charge in [0.25, 0.3) is 5.91 Å². The smallest absolute Gasteiger partial charge is 0.338 e. The summed E-state index contributed by atoms with van der Waals surface area (Å²) in [5, 5.41) is 12.7. The van der Waals surface area contributed by atoms with E-state index in [0.29, 0.717) is 33.5 Å². The molecule has 0 spiro atoms. The molecule has 0 radical (unpaired) electrons. The summed E-state index contributed by atoms with van der Waals surface area (Å²) in [6, 6.07) is 12.9. The Morgan fingerprint density at radius 3 is 2.48 bits per heavy atom. The highest BCUT2D eigenvalue weighted by molar-refractivity contribution is 6.35. The Hall–Kier alpha value is -2.81. The lowest BCUT2D eigenvalue weighted by atomic mass is 10.1. The molecule has 0 aliphatic carbocycles. The number of rotatable bonds is 8. The molecule has 0 aromatic heterocycles.